The molecule has 0 fully saturated rings. The Hall–Kier alpha value is -2.76. The molecule has 0 saturated heterocycles. The maximum Gasteiger partial charge on any atom is 0.261 e. The van der Waals surface area contributed by atoms with Crippen LogP contribution in [0.25, 0.3) is 0 Å². The average molecular weight is 347 g/mol. The highest BCUT2D eigenvalue weighted by Crippen LogP contribution is 2.27. The Morgan fingerprint density at radius 1 is 1.08 bits per heavy atom. The summed E-state index contributed by atoms with van der Waals surface area (Å²) in [5, 5.41) is 2.84. The fourth-order valence-corrected chi connectivity index (χ4v) is 2.29. The first-order valence-corrected chi connectivity index (χ1v) is 7.98. The topological polar surface area (TPSA) is 56.8 Å². The van der Waals surface area contributed by atoms with Crippen LogP contribution in [0.1, 0.15) is 18.9 Å². The molecule has 0 aliphatic carbocycles. The number of carbonyl (C=O) groups is 1. The first kappa shape index (κ1) is 18.6. The minimum atomic E-state index is -0.648. The van der Waals surface area contributed by atoms with Gasteiger partial charge in [-0.25, -0.2) is 4.39 Å². The molecule has 0 aliphatic heterocycles. The van der Waals surface area contributed by atoms with Gasteiger partial charge in [-0.1, -0.05) is 13.0 Å². The normalized spacial score (nSPS) is 11.5. The Morgan fingerprint density at radius 2 is 1.76 bits per heavy atom. The lowest BCUT2D eigenvalue weighted by molar-refractivity contribution is -0.128. The number of hydrogen-bond donors (Lipinski definition) is 1. The zero-order chi connectivity index (χ0) is 18.2. The van der Waals surface area contributed by atoms with Crippen molar-refractivity contribution >= 4 is 5.91 Å². The van der Waals surface area contributed by atoms with Crippen molar-refractivity contribution < 1.29 is 23.4 Å². The van der Waals surface area contributed by atoms with E-state index < -0.39 is 6.10 Å². The first-order valence-electron chi connectivity index (χ1n) is 7.98. The Labute approximate surface area is 146 Å². The van der Waals surface area contributed by atoms with Crippen LogP contribution in [-0.2, 0) is 11.3 Å². The van der Waals surface area contributed by atoms with Gasteiger partial charge in [-0.3, -0.25) is 4.79 Å². The van der Waals surface area contributed by atoms with Crippen molar-refractivity contribution in [2.75, 3.05) is 14.2 Å². The summed E-state index contributed by atoms with van der Waals surface area (Å²) >= 11 is 0. The van der Waals surface area contributed by atoms with E-state index in [9.17, 15) is 9.18 Å². The summed E-state index contributed by atoms with van der Waals surface area (Å²) in [6.07, 6.45) is -0.152. The molecule has 1 atom stereocenters. The molecule has 6 heteroatoms. The molecule has 2 rings (SSSR count). The van der Waals surface area contributed by atoms with Gasteiger partial charge in [0.2, 0.25) is 0 Å². The minimum absolute atomic E-state index is 0.235. The Kier molecular flexibility index (Phi) is 6.62. The molecule has 0 spiro atoms. The molecule has 0 heterocycles. The highest BCUT2D eigenvalue weighted by atomic mass is 19.1. The Balaban J connectivity index is 1.96. The van der Waals surface area contributed by atoms with Gasteiger partial charge in [-0.05, 0) is 48.4 Å². The van der Waals surface area contributed by atoms with Gasteiger partial charge < -0.3 is 19.5 Å². The van der Waals surface area contributed by atoms with E-state index in [1.807, 2.05) is 13.0 Å². The summed E-state index contributed by atoms with van der Waals surface area (Å²) in [6, 6.07) is 11.0. The molecule has 5 nitrogen and oxygen atoms in total. The molecular weight excluding hydrogens is 325 g/mol. The van der Waals surface area contributed by atoms with Gasteiger partial charge in [-0.15, -0.1) is 0 Å². The SMILES string of the molecule is CC[C@H](Oc1ccc(F)cc1)C(=O)NCc1ccc(OC)c(OC)c1. The van der Waals surface area contributed by atoms with Crippen molar-refractivity contribution in [1.82, 2.24) is 5.32 Å². The number of amides is 1. The molecule has 25 heavy (non-hydrogen) atoms. The fraction of sp³-hybridized carbons (Fsp3) is 0.316. The number of rotatable bonds is 8. The zero-order valence-electron chi connectivity index (χ0n) is 14.5. The fourth-order valence-electron chi connectivity index (χ4n) is 2.29. The molecule has 134 valence electrons. The molecule has 0 unspecified atom stereocenters. The molecule has 0 bridgehead atoms. The van der Waals surface area contributed by atoms with Crippen molar-refractivity contribution in [2.24, 2.45) is 0 Å². The smallest absolute Gasteiger partial charge is 0.261 e. The lowest BCUT2D eigenvalue weighted by atomic mass is 10.2. The van der Waals surface area contributed by atoms with E-state index in [-0.39, 0.29) is 11.7 Å². The van der Waals surface area contributed by atoms with Crippen molar-refractivity contribution in [2.45, 2.75) is 26.0 Å². The summed E-state index contributed by atoms with van der Waals surface area (Å²) in [5.74, 6) is 1.10. The minimum Gasteiger partial charge on any atom is -0.493 e. The third-order valence-electron chi connectivity index (χ3n) is 3.67. The van der Waals surface area contributed by atoms with Crippen LogP contribution in [0.2, 0.25) is 0 Å². The summed E-state index contributed by atoms with van der Waals surface area (Å²) in [5.41, 5.74) is 0.877. The van der Waals surface area contributed by atoms with Crippen LogP contribution < -0.4 is 19.5 Å². The molecule has 0 radical (unpaired) electrons. The van der Waals surface area contributed by atoms with Gasteiger partial charge in [0.1, 0.15) is 11.6 Å². The van der Waals surface area contributed by atoms with Crippen molar-refractivity contribution in [3.05, 3.63) is 53.8 Å². The van der Waals surface area contributed by atoms with Gasteiger partial charge in [-0.2, -0.15) is 0 Å². The van der Waals surface area contributed by atoms with Gasteiger partial charge in [0.25, 0.3) is 5.91 Å². The van der Waals surface area contributed by atoms with E-state index in [1.165, 1.54) is 24.3 Å². The first-order chi connectivity index (χ1) is 12.1. The van der Waals surface area contributed by atoms with Crippen LogP contribution >= 0.6 is 0 Å². The van der Waals surface area contributed by atoms with E-state index >= 15 is 0 Å². The predicted octanol–water partition coefficient (Wildman–Crippen LogP) is 3.32. The van der Waals surface area contributed by atoms with E-state index in [0.29, 0.717) is 30.2 Å². The van der Waals surface area contributed by atoms with Gasteiger partial charge >= 0.3 is 0 Å². The van der Waals surface area contributed by atoms with Crippen LogP contribution in [0.5, 0.6) is 17.2 Å². The average Bonchev–Trinajstić information content (AvgIpc) is 2.65. The largest absolute Gasteiger partial charge is 0.493 e. The second-order valence-corrected chi connectivity index (χ2v) is 5.38. The lowest BCUT2D eigenvalue weighted by Crippen LogP contribution is -2.37. The third-order valence-corrected chi connectivity index (χ3v) is 3.67. The monoisotopic (exact) mass is 347 g/mol. The number of ether oxygens (including phenoxy) is 3. The van der Waals surface area contributed by atoms with E-state index in [2.05, 4.69) is 5.32 Å². The van der Waals surface area contributed by atoms with E-state index in [0.717, 1.165) is 5.56 Å². The maximum absolute atomic E-state index is 12.9. The van der Waals surface area contributed by atoms with Gasteiger partial charge in [0.15, 0.2) is 17.6 Å². The predicted molar refractivity (Wildman–Crippen MR) is 92.5 cm³/mol. The van der Waals surface area contributed by atoms with Crippen molar-refractivity contribution in [3.63, 3.8) is 0 Å². The van der Waals surface area contributed by atoms with Crippen molar-refractivity contribution in [1.29, 1.82) is 0 Å². The van der Waals surface area contributed by atoms with Gasteiger partial charge in [0.05, 0.1) is 14.2 Å². The van der Waals surface area contributed by atoms with E-state index in [4.69, 9.17) is 14.2 Å². The van der Waals surface area contributed by atoms with E-state index in [1.54, 1.807) is 26.4 Å². The number of halogens is 1. The molecule has 2 aromatic carbocycles. The second-order valence-electron chi connectivity index (χ2n) is 5.38. The van der Waals surface area contributed by atoms with Crippen LogP contribution in [0.3, 0.4) is 0 Å². The third kappa shape index (κ3) is 5.11. The Morgan fingerprint density at radius 3 is 2.36 bits per heavy atom. The standard InChI is InChI=1S/C19H22FNO4/c1-4-16(25-15-8-6-14(20)7-9-15)19(22)21-12-13-5-10-17(23-2)18(11-13)24-3/h5-11,16H,4,12H2,1-3H3,(H,21,22)/t16-/m0/s1. The highest BCUT2D eigenvalue weighted by Gasteiger charge is 2.18. The summed E-state index contributed by atoms with van der Waals surface area (Å²) in [7, 11) is 3.13. The number of hydrogen-bond acceptors (Lipinski definition) is 4. The molecule has 1 N–H and O–H groups in total. The van der Waals surface area contributed by atoms with Crippen molar-refractivity contribution in [3.8, 4) is 17.2 Å². The molecule has 0 aliphatic rings. The summed E-state index contributed by atoms with van der Waals surface area (Å²) < 4.78 is 29.0. The number of nitrogens with one attached hydrogen (secondary N) is 1. The molecule has 0 aromatic heterocycles. The molecule has 1 amide bonds. The summed E-state index contributed by atoms with van der Waals surface area (Å²) in [4.78, 5) is 12.3. The second kappa shape index (κ2) is 8.92. The Bertz CT molecular complexity index is 703. The molecule has 0 saturated carbocycles. The van der Waals surface area contributed by atoms with Crippen LogP contribution in [0, 0.1) is 5.82 Å². The van der Waals surface area contributed by atoms with Crippen LogP contribution in [-0.4, -0.2) is 26.2 Å². The zero-order valence-corrected chi connectivity index (χ0v) is 14.5. The summed E-state index contributed by atoms with van der Waals surface area (Å²) in [6.45, 7) is 2.19. The molecular formula is C19H22FNO4. The van der Waals surface area contributed by atoms with Crippen LogP contribution in [0.15, 0.2) is 42.5 Å². The number of methoxy groups -OCH3 is 2. The maximum atomic E-state index is 12.9. The quantitative estimate of drug-likeness (QED) is 0.796. The van der Waals surface area contributed by atoms with Crippen LogP contribution in [0.4, 0.5) is 4.39 Å². The van der Waals surface area contributed by atoms with Gasteiger partial charge in [0, 0.05) is 6.54 Å². The lowest BCUT2D eigenvalue weighted by Gasteiger charge is -2.17. The number of carbonyl (C=O) groups excluding carboxylic acids is 1. The molecule has 2 aromatic rings. The highest BCUT2D eigenvalue weighted by molar-refractivity contribution is 5.81. The number of benzene rings is 2.